The Balaban J connectivity index is 0.00000272. The molecule has 1 fully saturated rings. The first-order chi connectivity index (χ1) is 14.7. The lowest BCUT2D eigenvalue weighted by Gasteiger charge is -2.26. The van der Waals surface area contributed by atoms with Crippen LogP contribution in [0.1, 0.15) is 43.7 Å². The monoisotopic (exact) mass is 441 g/mol. The maximum atomic E-state index is 12.6. The van der Waals surface area contributed by atoms with E-state index in [2.05, 4.69) is 15.2 Å². The fourth-order valence-electron chi connectivity index (χ4n) is 4.63. The molecule has 1 heterocycles. The average Bonchev–Trinajstić information content (AvgIpc) is 3.18. The number of nitrogens with zero attached hydrogens (tertiary/aromatic N) is 1. The normalized spacial score (nSPS) is 16.5. The third-order valence-electron chi connectivity index (χ3n) is 6.18. The summed E-state index contributed by atoms with van der Waals surface area (Å²) >= 11 is 0. The van der Waals surface area contributed by atoms with Gasteiger partial charge in [-0.1, -0.05) is 49.6 Å². The number of carbonyl (C=O) groups excluding carboxylic acids is 1. The second kappa shape index (κ2) is 10.8. The van der Waals surface area contributed by atoms with E-state index in [9.17, 15) is 9.90 Å². The molecule has 1 aromatic heterocycles. The van der Waals surface area contributed by atoms with Crippen molar-refractivity contribution in [3.63, 3.8) is 0 Å². The molecule has 1 amide bonds. The predicted octanol–water partition coefficient (Wildman–Crippen LogP) is 4.75. The van der Waals surface area contributed by atoms with Crippen molar-refractivity contribution in [2.75, 3.05) is 18.9 Å². The van der Waals surface area contributed by atoms with Gasteiger partial charge < -0.3 is 20.3 Å². The van der Waals surface area contributed by atoms with E-state index in [1.165, 1.54) is 6.42 Å². The van der Waals surface area contributed by atoms with Crippen molar-refractivity contribution in [3.8, 4) is 0 Å². The van der Waals surface area contributed by atoms with E-state index in [1.807, 2.05) is 67.8 Å². The van der Waals surface area contributed by atoms with E-state index < -0.39 is 6.10 Å². The van der Waals surface area contributed by atoms with Gasteiger partial charge in [0.05, 0.1) is 12.1 Å². The summed E-state index contributed by atoms with van der Waals surface area (Å²) in [6.45, 7) is 0.495. The number of fused-ring (bicyclic) bond motifs is 1. The van der Waals surface area contributed by atoms with E-state index in [4.69, 9.17) is 0 Å². The van der Waals surface area contributed by atoms with Crippen LogP contribution in [0.25, 0.3) is 10.9 Å². The zero-order valence-electron chi connectivity index (χ0n) is 18.0. The minimum absolute atomic E-state index is 0. The number of hydrogen-bond donors (Lipinski definition) is 3. The van der Waals surface area contributed by atoms with Crippen molar-refractivity contribution in [2.45, 2.75) is 44.2 Å². The van der Waals surface area contributed by atoms with Crippen LogP contribution in [0.4, 0.5) is 5.69 Å². The Morgan fingerprint density at radius 2 is 1.84 bits per heavy atom. The summed E-state index contributed by atoms with van der Waals surface area (Å²) in [5.74, 6) is 0.276. The molecule has 0 unspecified atom stereocenters. The molecule has 1 aliphatic rings. The maximum absolute atomic E-state index is 12.6. The molecule has 3 aromatic rings. The number of nitrogens with one attached hydrogen (secondary N) is 2. The van der Waals surface area contributed by atoms with Crippen LogP contribution in [0.3, 0.4) is 0 Å². The molecular formula is C25H32ClN3O2. The Bertz CT molecular complexity index is 983. The number of amides is 1. The van der Waals surface area contributed by atoms with Crippen molar-refractivity contribution in [1.29, 1.82) is 0 Å². The lowest BCUT2D eigenvalue weighted by Crippen LogP contribution is -2.33. The summed E-state index contributed by atoms with van der Waals surface area (Å²) in [5.41, 5.74) is 2.94. The second-order valence-corrected chi connectivity index (χ2v) is 8.30. The van der Waals surface area contributed by atoms with Gasteiger partial charge in [0.1, 0.15) is 0 Å². The van der Waals surface area contributed by atoms with E-state index in [0.29, 0.717) is 6.54 Å². The second-order valence-electron chi connectivity index (χ2n) is 8.30. The zero-order valence-corrected chi connectivity index (χ0v) is 18.8. The molecule has 0 bridgehead atoms. The molecule has 0 radical (unpaired) electrons. The van der Waals surface area contributed by atoms with Crippen molar-refractivity contribution in [3.05, 3.63) is 66.4 Å². The van der Waals surface area contributed by atoms with Crippen LogP contribution < -0.4 is 10.6 Å². The Morgan fingerprint density at radius 3 is 2.55 bits per heavy atom. The molecule has 0 aliphatic heterocycles. The number of hydrogen-bond acceptors (Lipinski definition) is 3. The molecule has 5 nitrogen and oxygen atoms in total. The largest absolute Gasteiger partial charge is 0.389 e. The van der Waals surface area contributed by atoms with E-state index in [0.717, 1.165) is 47.8 Å². The van der Waals surface area contributed by atoms with Crippen molar-refractivity contribution < 1.29 is 9.90 Å². The first-order valence-electron chi connectivity index (χ1n) is 11.0. The number of benzene rings is 2. The van der Waals surface area contributed by atoms with Crippen molar-refractivity contribution in [2.24, 2.45) is 5.92 Å². The average molecular weight is 442 g/mol. The quantitative estimate of drug-likeness (QED) is 0.495. The van der Waals surface area contributed by atoms with Gasteiger partial charge in [0, 0.05) is 35.2 Å². The molecule has 0 spiro atoms. The van der Waals surface area contributed by atoms with Crippen LogP contribution >= 0.6 is 12.4 Å². The van der Waals surface area contributed by atoms with Crippen molar-refractivity contribution in [1.82, 2.24) is 9.88 Å². The van der Waals surface area contributed by atoms with Gasteiger partial charge in [-0.3, -0.25) is 4.79 Å². The third-order valence-corrected chi connectivity index (χ3v) is 6.18. The molecule has 31 heavy (non-hydrogen) atoms. The first-order valence-corrected chi connectivity index (χ1v) is 11.0. The molecule has 1 saturated carbocycles. The summed E-state index contributed by atoms with van der Waals surface area (Å²) in [6, 6.07) is 18.0. The number of anilines is 1. The topological polar surface area (TPSA) is 66.3 Å². The molecule has 6 heteroatoms. The Morgan fingerprint density at radius 1 is 1.10 bits per heavy atom. The fraction of sp³-hybridized carbons (Fsp3) is 0.400. The number of likely N-dealkylation sites (N-methyl/N-ethyl adjacent to an activating group) is 1. The number of carbonyl (C=O) groups is 1. The Hall–Kier alpha value is -2.34. The van der Waals surface area contributed by atoms with Crippen LogP contribution in [-0.4, -0.2) is 35.3 Å². The van der Waals surface area contributed by atoms with Gasteiger partial charge in [-0.05, 0) is 49.7 Å². The summed E-state index contributed by atoms with van der Waals surface area (Å²) in [7, 11) is 1.85. The molecule has 4 rings (SSSR count). The summed E-state index contributed by atoms with van der Waals surface area (Å²) < 4.78 is 2.12. The van der Waals surface area contributed by atoms with Crippen LogP contribution in [0.15, 0.2) is 60.8 Å². The van der Waals surface area contributed by atoms with Gasteiger partial charge in [0.2, 0.25) is 5.91 Å². The summed E-state index contributed by atoms with van der Waals surface area (Å²) in [5, 5.41) is 18.1. The standard InChI is InChI=1S/C25H31N3O2.ClH/c1-26-17-23(29)24(18-8-4-2-5-9-18)28-15-14-20-16-21(12-13-22(20)28)27-25(30)19-10-6-3-7-11-19;/h2,4-5,8-9,12-16,19,23-24,26,29H,3,6-7,10-11,17H2,1H3,(H,27,30);1H/t23-,24+;/m1./s1. The minimum atomic E-state index is -0.571. The number of rotatable bonds is 7. The van der Waals surface area contributed by atoms with E-state index in [-0.39, 0.29) is 30.3 Å². The predicted molar refractivity (Wildman–Crippen MR) is 129 cm³/mol. The zero-order chi connectivity index (χ0) is 20.9. The molecular weight excluding hydrogens is 410 g/mol. The van der Waals surface area contributed by atoms with Crippen LogP contribution in [-0.2, 0) is 4.79 Å². The van der Waals surface area contributed by atoms with Crippen LogP contribution in [0.2, 0.25) is 0 Å². The third kappa shape index (κ3) is 5.29. The fourth-order valence-corrected chi connectivity index (χ4v) is 4.63. The lowest BCUT2D eigenvalue weighted by atomic mass is 9.88. The molecule has 1 aliphatic carbocycles. The van der Waals surface area contributed by atoms with Gasteiger partial charge in [-0.15, -0.1) is 12.4 Å². The minimum Gasteiger partial charge on any atom is -0.389 e. The number of aliphatic hydroxyl groups is 1. The van der Waals surface area contributed by atoms with Crippen LogP contribution in [0, 0.1) is 5.92 Å². The Kier molecular flexibility index (Phi) is 8.13. The highest BCUT2D eigenvalue weighted by Gasteiger charge is 2.24. The first kappa shape index (κ1) is 23.3. The van der Waals surface area contributed by atoms with Gasteiger partial charge in [0.15, 0.2) is 0 Å². The molecule has 2 aromatic carbocycles. The highest BCUT2D eigenvalue weighted by atomic mass is 35.5. The number of halogens is 1. The molecule has 0 saturated heterocycles. The number of aliphatic hydroxyl groups excluding tert-OH is 1. The Labute approximate surface area is 190 Å². The van der Waals surface area contributed by atoms with Gasteiger partial charge in [0.25, 0.3) is 0 Å². The van der Waals surface area contributed by atoms with E-state index >= 15 is 0 Å². The summed E-state index contributed by atoms with van der Waals surface area (Å²) in [4.78, 5) is 12.6. The van der Waals surface area contributed by atoms with Gasteiger partial charge in [-0.25, -0.2) is 0 Å². The smallest absolute Gasteiger partial charge is 0.227 e. The summed E-state index contributed by atoms with van der Waals surface area (Å²) in [6.07, 6.45) is 6.97. The SMILES string of the molecule is CNC[C@@H](O)[C@H](c1ccccc1)n1ccc2cc(NC(=O)C3CCCCC3)ccc21.Cl. The maximum Gasteiger partial charge on any atom is 0.227 e. The lowest BCUT2D eigenvalue weighted by molar-refractivity contribution is -0.120. The molecule has 3 N–H and O–H groups in total. The van der Waals surface area contributed by atoms with E-state index in [1.54, 1.807) is 0 Å². The molecule has 2 atom stereocenters. The number of aromatic nitrogens is 1. The molecule has 166 valence electrons. The van der Waals surface area contributed by atoms with Gasteiger partial charge >= 0.3 is 0 Å². The van der Waals surface area contributed by atoms with Crippen LogP contribution in [0.5, 0.6) is 0 Å². The highest BCUT2D eigenvalue weighted by Crippen LogP contribution is 2.30. The van der Waals surface area contributed by atoms with Crippen molar-refractivity contribution >= 4 is 34.9 Å². The highest BCUT2D eigenvalue weighted by molar-refractivity contribution is 5.95. The van der Waals surface area contributed by atoms with Gasteiger partial charge in [-0.2, -0.15) is 0 Å².